The summed E-state index contributed by atoms with van der Waals surface area (Å²) in [5.41, 5.74) is 6.56. The van der Waals surface area contributed by atoms with Crippen molar-refractivity contribution in [1.29, 1.82) is 0 Å². The van der Waals surface area contributed by atoms with Gasteiger partial charge in [-0.05, 0) is 36.8 Å². The minimum absolute atomic E-state index is 0.00155. The first kappa shape index (κ1) is 14.5. The summed E-state index contributed by atoms with van der Waals surface area (Å²) in [6.45, 7) is 1.68. The number of hydrogen-bond acceptors (Lipinski definition) is 4. The molecule has 8 heteroatoms. The van der Waals surface area contributed by atoms with E-state index in [9.17, 15) is 12.8 Å². The summed E-state index contributed by atoms with van der Waals surface area (Å²) in [5.74, 6) is -0.558. The summed E-state index contributed by atoms with van der Waals surface area (Å²) in [6, 6.07) is 4.90. The quantitative estimate of drug-likeness (QED) is 0.852. The summed E-state index contributed by atoms with van der Waals surface area (Å²) in [7, 11) is -3.89. The van der Waals surface area contributed by atoms with E-state index in [1.54, 1.807) is 6.92 Å². The molecule has 1 aromatic carbocycles. The minimum atomic E-state index is -3.89. The number of benzene rings is 1. The van der Waals surface area contributed by atoms with Gasteiger partial charge in [-0.1, -0.05) is 11.6 Å². The van der Waals surface area contributed by atoms with Crippen LogP contribution in [0.25, 0.3) is 0 Å². The average Bonchev–Trinajstić information content (AvgIpc) is 2.38. The maximum atomic E-state index is 12.7. The minimum Gasteiger partial charge on any atom is -0.398 e. The smallest absolute Gasteiger partial charge is 0.263 e. The monoisotopic (exact) mass is 315 g/mol. The summed E-state index contributed by atoms with van der Waals surface area (Å²) in [5, 5.41) is 0.248. The van der Waals surface area contributed by atoms with Crippen LogP contribution >= 0.6 is 11.6 Å². The van der Waals surface area contributed by atoms with Gasteiger partial charge >= 0.3 is 0 Å². The zero-order valence-electron chi connectivity index (χ0n) is 10.4. The summed E-state index contributed by atoms with van der Waals surface area (Å²) >= 11 is 5.91. The van der Waals surface area contributed by atoms with Crippen LogP contribution in [0.15, 0.2) is 35.4 Å². The third-order valence-corrected chi connectivity index (χ3v) is 4.36. The summed E-state index contributed by atoms with van der Waals surface area (Å²) in [6.07, 6.45) is 0.911. The van der Waals surface area contributed by atoms with Crippen LogP contribution in [0.1, 0.15) is 5.56 Å². The number of nitrogens with zero attached hydrogens (tertiary/aromatic N) is 1. The molecule has 5 nitrogen and oxygen atoms in total. The lowest BCUT2D eigenvalue weighted by molar-refractivity contribution is 0.600. The van der Waals surface area contributed by atoms with Gasteiger partial charge in [0.05, 0.1) is 11.1 Å². The predicted molar refractivity (Wildman–Crippen MR) is 75.6 cm³/mol. The van der Waals surface area contributed by atoms with Crippen LogP contribution in [-0.2, 0) is 10.0 Å². The van der Waals surface area contributed by atoms with E-state index in [-0.39, 0.29) is 21.4 Å². The molecule has 1 heterocycles. The Morgan fingerprint density at radius 1 is 1.35 bits per heavy atom. The first-order valence-electron chi connectivity index (χ1n) is 5.49. The number of nitrogen functional groups attached to an aromatic ring is 1. The Morgan fingerprint density at radius 3 is 2.60 bits per heavy atom. The van der Waals surface area contributed by atoms with E-state index >= 15 is 0 Å². The zero-order chi connectivity index (χ0) is 14.9. The fourth-order valence-electron chi connectivity index (χ4n) is 1.46. The van der Waals surface area contributed by atoms with E-state index in [0.29, 0.717) is 5.56 Å². The van der Waals surface area contributed by atoms with Gasteiger partial charge in [0.15, 0.2) is 0 Å². The van der Waals surface area contributed by atoms with Gasteiger partial charge in [0.1, 0.15) is 11.6 Å². The molecule has 1 aromatic heterocycles. The molecular weight excluding hydrogens is 305 g/mol. The van der Waals surface area contributed by atoms with Crippen molar-refractivity contribution in [3.8, 4) is 0 Å². The highest BCUT2D eigenvalue weighted by Crippen LogP contribution is 2.26. The van der Waals surface area contributed by atoms with Crippen molar-refractivity contribution < 1.29 is 12.8 Å². The fourth-order valence-corrected chi connectivity index (χ4v) is 2.82. The van der Waals surface area contributed by atoms with E-state index < -0.39 is 15.8 Å². The number of hydrogen-bond donors (Lipinski definition) is 2. The zero-order valence-corrected chi connectivity index (χ0v) is 12.0. The van der Waals surface area contributed by atoms with Crippen LogP contribution in [0.5, 0.6) is 0 Å². The molecule has 3 N–H and O–H groups in total. The SMILES string of the molecule is Cc1c(N)cc(S(=O)(=O)Nc2ccc(F)cn2)cc1Cl. The van der Waals surface area contributed by atoms with Gasteiger partial charge in [0.2, 0.25) is 0 Å². The van der Waals surface area contributed by atoms with Gasteiger partial charge in [-0.2, -0.15) is 0 Å². The molecule has 2 aromatic rings. The number of halogens is 2. The Hall–Kier alpha value is -1.86. The summed E-state index contributed by atoms with van der Waals surface area (Å²) in [4.78, 5) is 3.54. The van der Waals surface area contributed by atoms with Crippen molar-refractivity contribution in [2.75, 3.05) is 10.5 Å². The third kappa shape index (κ3) is 3.00. The van der Waals surface area contributed by atoms with Crippen LogP contribution in [0, 0.1) is 12.7 Å². The Morgan fingerprint density at radius 2 is 2.05 bits per heavy atom. The van der Waals surface area contributed by atoms with Crippen LogP contribution in [0.2, 0.25) is 5.02 Å². The maximum absolute atomic E-state index is 12.7. The number of aromatic nitrogens is 1. The Labute approximate surface area is 120 Å². The van der Waals surface area contributed by atoms with Crippen LogP contribution < -0.4 is 10.5 Å². The highest BCUT2D eigenvalue weighted by atomic mass is 35.5. The molecule has 0 saturated heterocycles. The van der Waals surface area contributed by atoms with Crippen LogP contribution in [0.3, 0.4) is 0 Å². The molecule has 20 heavy (non-hydrogen) atoms. The van der Waals surface area contributed by atoms with E-state index in [2.05, 4.69) is 9.71 Å². The van der Waals surface area contributed by atoms with E-state index in [0.717, 1.165) is 12.3 Å². The molecule has 0 aliphatic carbocycles. The topological polar surface area (TPSA) is 85.1 Å². The lowest BCUT2D eigenvalue weighted by atomic mass is 10.2. The Kier molecular flexibility index (Phi) is 3.82. The van der Waals surface area contributed by atoms with Crippen molar-refractivity contribution in [2.24, 2.45) is 0 Å². The average molecular weight is 316 g/mol. The molecule has 106 valence electrons. The van der Waals surface area contributed by atoms with Gasteiger partial charge in [-0.3, -0.25) is 4.72 Å². The molecule has 0 aliphatic heterocycles. The second-order valence-electron chi connectivity index (χ2n) is 4.09. The van der Waals surface area contributed by atoms with Gasteiger partial charge < -0.3 is 5.73 Å². The van der Waals surface area contributed by atoms with Gasteiger partial charge in [-0.25, -0.2) is 17.8 Å². The first-order valence-corrected chi connectivity index (χ1v) is 7.36. The highest BCUT2D eigenvalue weighted by molar-refractivity contribution is 7.92. The van der Waals surface area contributed by atoms with Crippen LogP contribution in [0.4, 0.5) is 15.9 Å². The molecule has 0 amide bonds. The van der Waals surface area contributed by atoms with Crippen molar-refractivity contribution in [1.82, 2.24) is 4.98 Å². The predicted octanol–water partition coefficient (Wildman–Crippen LogP) is 2.57. The number of nitrogens with two attached hydrogens (primary N) is 1. The van der Waals surface area contributed by atoms with E-state index in [1.165, 1.54) is 18.2 Å². The Balaban J connectivity index is 2.38. The molecular formula is C12H11ClFN3O2S. The van der Waals surface area contributed by atoms with Crippen molar-refractivity contribution >= 4 is 33.1 Å². The molecule has 0 fully saturated rings. The highest BCUT2D eigenvalue weighted by Gasteiger charge is 2.17. The van der Waals surface area contributed by atoms with Crippen molar-refractivity contribution in [3.05, 3.63) is 46.9 Å². The second-order valence-corrected chi connectivity index (χ2v) is 6.18. The Bertz CT molecular complexity index is 725. The van der Waals surface area contributed by atoms with Crippen LogP contribution in [-0.4, -0.2) is 13.4 Å². The van der Waals surface area contributed by atoms with E-state index in [4.69, 9.17) is 17.3 Å². The summed E-state index contributed by atoms with van der Waals surface area (Å²) < 4.78 is 39.2. The number of anilines is 2. The molecule has 2 rings (SSSR count). The van der Waals surface area contributed by atoms with Gasteiger partial charge in [-0.15, -0.1) is 0 Å². The molecule has 0 atom stereocenters. The standard InChI is InChI=1S/C12H11ClFN3O2S/c1-7-10(13)4-9(5-11(7)15)20(18,19)17-12-3-2-8(14)6-16-12/h2-6H,15H2,1H3,(H,16,17). The first-order chi connectivity index (χ1) is 9.29. The van der Waals surface area contributed by atoms with E-state index in [1.807, 2.05) is 0 Å². The van der Waals surface area contributed by atoms with Gasteiger partial charge in [0.25, 0.3) is 10.0 Å². The normalized spacial score (nSPS) is 11.3. The molecule has 0 spiro atoms. The van der Waals surface area contributed by atoms with Gasteiger partial charge in [0, 0.05) is 10.7 Å². The lowest BCUT2D eigenvalue weighted by Crippen LogP contribution is -2.14. The molecule has 0 aliphatic rings. The third-order valence-electron chi connectivity index (χ3n) is 2.63. The largest absolute Gasteiger partial charge is 0.398 e. The lowest BCUT2D eigenvalue weighted by Gasteiger charge is -2.10. The molecule has 0 saturated carbocycles. The van der Waals surface area contributed by atoms with Crippen molar-refractivity contribution in [2.45, 2.75) is 11.8 Å². The second kappa shape index (κ2) is 5.26. The maximum Gasteiger partial charge on any atom is 0.263 e. The fraction of sp³-hybridized carbons (Fsp3) is 0.0833. The molecule has 0 unspecified atom stereocenters. The number of sulfonamides is 1. The van der Waals surface area contributed by atoms with Crippen molar-refractivity contribution in [3.63, 3.8) is 0 Å². The molecule has 0 bridgehead atoms. The molecule has 0 radical (unpaired) electrons. The number of nitrogens with one attached hydrogen (secondary N) is 1. The number of rotatable bonds is 3. The number of pyridine rings is 1.